The number of hydrogen-bond acceptors (Lipinski definition) is 3. The first-order valence-electron chi connectivity index (χ1n) is 9.06. The fourth-order valence-corrected chi connectivity index (χ4v) is 2.81. The number of carbonyl (C=O) groups excluding carboxylic acids is 1. The molecule has 3 rings (SSSR count). The van der Waals surface area contributed by atoms with Gasteiger partial charge in [0.1, 0.15) is 5.75 Å². The fourth-order valence-electron chi connectivity index (χ4n) is 2.81. The molecule has 0 saturated carbocycles. The first-order valence-corrected chi connectivity index (χ1v) is 9.06. The third kappa shape index (κ3) is 5.56. The maximum Gasteiger partial charge on any atom is 0.244 e. The molecule has 3 aromatic carbocycles. The van der Waals surface area contributed by atoms with Crippen LogP contribution in [0.4, 0.5) is 0 Å². The van der Waals surface area contributed by atoms with E-state index in [1.54, 1.807) is 19.3 Å². The molecule has 142 valence electrons. The van der Waals surface area contributed by atoms with E-state index in [4.69, 9.17) is 9.47 Å². The zero-order valence-corrected chi connectivity index (χ0v) is 15.7. The van der Waals surface area contributed by atoms with Gasteiger partial charge in [0.2, 0.25) is 5.91 Å². The van der Waals surface area contributed by atoms with Crippen LogP contribution >= 0.6 is 0 Å². The first-order chi connectivity index (χ1) is 13.8. The topological polar surface area (TPSA) is 47.6 Å². The summed E-state index contributed by atoms with van der Waals surface area (Å²) >= 11 is 0. The van der Waals surface area contributed by atoms with Crippen molar-refractivity contribution in [3.05, 3.63) is 108 Å². The normalized spacial score (nSPS) is 10.9. The van der Waals surface area contributed by atoms with Gasteiger partial charge < -0.3 is 14.8 Å². The number of ether oxygens (including phenoxy) is 2. The fraction of sp³-hybridized carbons (Fsp3) is 0.125. The van der Waals surface area contributed by atoms with Gasteiger partial charge in [-0.05, 0) is 34.9 Å². The summed E-state index contributed by atoms with van der Waals surface area (Å²) in [5.74, 6) is 0.564. The van der Waals surface area contributed by atoms with Gasteiger partial charge in [-0.1, -0.05) is 72.8 Å². The summed E-state index contributed by atoms with van der Waals surface area (Å²) in [5.41, 5.74) is 2.99. The van der Waals surface area contributed by atoms with Crippen molar-refractivity contribution in [1.82, 2.24) is 5.32 Å². The summed E-state index contributed by atoms with van der Waals surface area (Å²) < 4.78 is 10.2. The molecule has 28 heavy (non-hydrogen) atoms. The van der Waals surface area contributed by atoms with Gasteiger partial charge in [0.05, 0.1) is 6.04 Å². The van der Waals surface area contributed by atoms with Crippen molar-refractivity contribution in [3.8, 4) is 5.75 Å². The highest BCUT2D eigenvalue weighted by molar-refractivity contribution is 5.92. The Labute approximate surface area is 165 Å². The minimum Gasteiger partial charge on any atom is -0.468 e. The molecule has 0 aliphatic rings. The molecule has 0 fully saturated rings. The molecule has 4 heteroatoms. The van der Waals surface area contributed by atoms with Crippen LogP contribution in [-0.4, -0.2) is 19.8 Å². The van der Waals surface area contributed by atoms with Crippen molar-refractivity contribution < 1.29 is 14.3 Å². The molecular formula is C24H23NO3. The van der Waals surface area contributed by atoms with Crippen molar-refractivity contribution in [2.24, 2.45) is 0 Å². The monoisotopic (exact) mass is 373 g/mol. The number of amides is 1. The minimum atomic E-state index is -0.204. The molecule has 1 N–H and O–H groups in total. The highest BCUT2D eigenvalue weighted by Crippen LogP contribution is 2.21. The molecule has 0 heterocycles. The van der Waals surface area contributed by atoms with E-state index in [2.05, 4.69) is 5.32 Å². The first kappa shape index (κ1) is 19.4. The quantitative estimate of drug-likeness (QED) is 0.464. The van der Waals surface area contributed by atoms with Crippen LogP contribution in [-0.2, 0) is 9.53 Å². The zero-order valence-electron chi connectivity index (χ0n) is 15.7. The Morgan fingerprint density at radius 3 is 2.00 bits per heavy atom. The highest BCUT2D eigenvalue weighted by atomic mass is 16.7. The molecule has 1 amide bonds. The Morgan fingerprint density at radius 1 is 0.893 bits per heavy atom. The Hall–Kier alpha value is -3.37. The number of carbonyl (C=O) groups is 1. The lowest BCUT2D eigenvalue weighted by Crippen LogP contribution is -2.27. The number of methoxy groups -OCH3 is 1. The molecule has 0 saturated heterocycles. The standard InChI is InChI=1S/C24H23NO3/c1-27-18-28-22-15-12-19(13-16-22)14-17-23(26)25-24(20-8-4-2-5-9-20)21-10-6-3-7-11-21/h2-17,24H,18H2,1H3,(H,25,26)/b17-14+. The van der Waals surface area contributed by atoms with Crippen LogP contribution in [0.3, 0.4) is 0 Å². The van der Waals surface area contributed by atoms with Crippen molar-refractivity contribution in [2.75, 3.05) is 13.9 Å². The summed E-state index contributed by atoms with van der Waals surface area (Å²) in [4.78, 5) is 12.5. The van der Waals surface area contributed by atoms with E-state index in [-0.39, 0.29) is 18.7 Å². The predicted molar refractivity (Wildman–Crippen MR) is 111 cm³/mol. The molecule has 0 aromatic heterocycles. The molecule has 0 aliphatic heterocycles. The van der Waals surface area contributed by atoms with E-state index >= 15 is 0 Å². The summed E-state index contributed by atoms with van der Waals surface area (Å²) in [6.07, 6.45) is 3.33. The Morgan fingerprint density at radius 2 is 1.46 bits per heavy atom. The van der Waals surface area contributed by atoms with E-state index in [1.807, 2.05) is 84.9 Å². The number of nitrogens with one attached hydrogen (secondary N) is 1. The second-order valence-corrected chi connectivity index (χ2v) is 6.22. The van der Waals surface area contributed by atoms with Crippen LogP contribution in [0.2, 0.25) is 0 Å². The number of benzene rings is 3. The maximum absolute atomic E-state index is 12.5. The van der Waals surface area contributed by atoms with Crippen LogP contribution in [0, 0.1) is 0 Å². The molecule has 0 radical (unpaired) electrons. The average Bonchev–Trinajstić information content (AvgIpc) is 2.76. The maximum atomic E-state index is 12.5. The molecule has 0 bridgehead atoms. The third-order valence-corrected chi connectivity index (χ3v) is 4.20. The van der Waals surface area contributed by atoms with E-state index < -0.39 is 0 Å². The van der Waals surface area contributed by atoms with Crippen molar-refractivity contribution >= 4 is 12.0 Å². The van der Waals surface area contributed by atoms with Gasteiger partial charge in [-0.25, -0.2) is 0 Å². The van der Waals surface area contributed by atoms with Gasteiger partial charge in [0.25, 0.3) is 0 Å². The highest BCUT2D eigenvalue weighted by Gasteiger charge is 2.15. The second-order valence-electron chi connectivity index (χ2n) is 6.22. The van der Waals surface area contributed by atoms with Gasteiger partial charge in [0, 0.05) is 13.2 Å². The van der Waals surface area contributed by atoms with E-state index in [1.165, 1.54) is 0 Å². The predicted octanol–water partition coefficient (Wildman–Crippen LogP) is 4.59. The van der Waals surface area contributed by atoms with E-state index in [0.717, 1.165) is 22.4 Å². The molecule has 0 aliphatic carbocycles. The number of rotatable bonds is 8. The van der Waals surface area contributed by atoms with Gasteiger partial charge in [-0.3, -0.25) is 4.79 Å². The molecule has 4 nitrogen and oxygen atoms in total. The van der Waals surface area contributed by atoms with Crippen molar-refractivity contribution in [3.63, 3.8) is 0 Å². The summed E-state index contributed by atoms with van der Waals surface area (Å²) in [5, 5.41) is 3.09. The van der Waals surface area contributed by atoms with Crippen LogP contribution in [0.25, 0.3) is 6.08 Å². The molecule has 0 unspecified atom stereocenters. The zero-order chi connectivity index (χ0) is 19.6. The second kappa shape index (κ2) is 10.1. The van der Waals surface area contributed by atoms with Crippen LogP contribution < -0.4 is 10.1 Å². The van der Waals surface area contributed by atoms with Gasteiger partial charge in [0.15, 0.2) is 6.79 Å². The lowest BCUT2D eigenvalue weighted by atomic mass is 9.98. The Balaban J connectivity index is 1.69. The summed E-state index contributed by atoms with van der Waals surface area (Å²) in [6.45, 7) is 0.206. The van der Waals surface area contributed by atoms with Crippen molar-refractivity contribution in [2.45, 2.75) is 6.04 Å². The van der Waals surface area contributed by atoms with E-state index in [0.29, 0.717) is 0 Å². The van der Waals surface area contributed by atoms with Crippen LogP contribution in [0.1, 0.15) is 22.7 Å². The van der Waals surface area contributed by atoms with Gasteiger partial charge in [-0.15, -0.1) is 0 Å². The molecule has 3 aromatic rings. The molecular weight excluding hydrogens is 350 g/mol. The van der Waals surface area contributed by atoms with Crippen LogP contribution in [0.5, 0.6) is 5.75 Å². The summed E-state index contributed by atoms with van der Waals surface area (Å²) in [6, 6.07) is 27.1. The minimum absolute atomic E-state index is 0.155. The molecule has 0 spiro atoms. The smallest absolute Gasteiger partial charge is 0.244 e. The van der Waals surface area contributed by atoms with Crippen LogP contribution in [0.15, 0.2) is 91.0 Å². The lowest BCUT2D eigenvalue weighted by molar-refractivity contribution is -0.116. The number of hydrogen-bond donors (Lipinski definition) is 1. The van der Waals surface area contributed by atoms with Gasteiger partial charge >= 0.3 is 0 Å². The van der Waals surface area contributed by atoms with Gasteiger partial charge in [-0.2, -0.15) is 0 Å². The Kier molecular flexibility index (Phi) is 6.99. The lowest BCUT2D eigenvalue weighted by Gasteiger charge is -2.19. The summed E-state index contributed by atoms with van der Waals surface area (Å²) in [7, 11) is 1.58. The molecule has 0 atom stereocenters. The Bertz CT molecular complexity index is 851. The largest absolute Gasteiger partial charge is 0.468 e. The average molecular weight is 373 g/mol. The SMILES string of the molecule is COCOc1ccc(/C=C/C(=O)NC(c2ccccc2)c2ccccc2)cc1. The third-order valence-electron chi connectivity index (χ3n) is 4.20. The van der Waals surface area contributed by atoms with E-state index in [9.17, 15) is 4.79 Å². The van der Waals surface area contributed by atoms with Crippen molar-refractivity contribution in [1.29, 1.82) is 0 Å².